The Balaban J connectivity index is 2.46. The van der Waals surface area contributed by atoms with Crippen molar-refractivity contribution in [1.82, 2.24) is 9.97 Å². The van der Waals surface area contributed by atoms with E-state index in [-0.39, 0.29) is 21.0 Å². The van der Waals surface area contributed by atoms with Gasteiger partial charge in [-0.1, -0.05) is 34.8 Å². The summed E-state index contributed by atoms with van der Waals surface area (Å²) in [6.45, 7) is 0. The minimum atomic E-state index is -4.16. The molecule has 0 fully saturated rings. The summed E-state index contributed by atoms with van der Waals surface area (Å²) in [7, 11) is -4.16. The van der Waals surface area contributed by atoms with E-state index in [2.05, 4.69) is 14.7 Å². The van der Waals surface area contributed by atoms with Gasteiger partial charge in [0.25, 0.3) is 10.0 Å². The number of anilines is 1. The van der Waals surface area contributed by atoms with Gasteiger partial charge in [0, 0.05) is 0 Å². The summed E-state index contributed by atoms with van der Waals surface area (Å²) < 4.78 is 39.4. The highest BCUT2D eigenvalue weighted by Gasteiger charge is 2.21. The van der Waals surface area contributed by atoms with Gasteiger partial charge in [0.2, 0.25) is 0 Å². The maximum absolute atomic E-state index is 13.1. The largest absolute Gasteiger partial charge is 0.264 e. The molecule has 20 heavy (non-hydrogen) atoms. The molecule has 0 atom stereocenters. The Hall–Kier alpha value is -1.15. The highest BCUT2D eigenvalue weighted by atomic mass is 35.5. The van der Waals surface area contributed by atoms with E-state index >= 15 is 0 Å². The van der Waals surface area contributed by atoms with E-state index in [0.717, 1.165) is 24.5 Å². The number of halogens is 4. The van der Waals surface area contributed by atoms with Crippen molar-refractivity contribution in [2.45, 2.75) is 4.90 Å². The number of sulfonamides is 1. The van der Waals surface area contributed by atoms with Crippen LogP contribution in [0.5, 0.6) is 0 Å². The van der Waals surface area contributed by atoms with Gasteiger partial charge >= 0.3 is 0 Å². The van der Waals surface area contributed by atoms with Crippen LogP contribution in [-0.2, 0) is 10.0 Å². The lowest BCUT2D eigenvalue weighted by molar-refractivity contribution is 0.595. The van der Waals surface area contributed by atoms with Crippen LogP contribution in [0.4, 0.5) is 10.2 Å². The first-order valence-electron chi connectivity index (χ1n) is 4.95. The minimum Gasteiger partial charge on any atom is -0.262 e. The third-order valence-electron chi connectivity index (χ3n) is 2.16. The lowest BCUT2D eigenvalue weighted by atomic mass is 10.3. The molecule has 0 aliphatic rings. The molecule has 1 N–H and O–H groups in total. The number of nitrogens with zero attached hydrogens (tertiary/aromatic N) is 2. The van der Waals surface area contributed by atoms with Crippen LogP contribution in [-0.4, -0.2) is 18.4 Å². The van der Waals surface area contributed by atoms with Crippen molar-refractivity contribution in [2.75, 3.05) is 4.72 Å². The summed E-state index contributed by atoms with van der Waals surface area (Å²) in [6, 6.07) is 2.94. The monoisotopic (exact) mass is 355 g/mol. The lowest BCUT2D eigenvalue weighted by Crippen LogP contribution is -2.15. The second-order valence-corrected chi connectivity index (χ2v) is 6.30. The molecule has 2 rings (SSSR count). The fraction of sp³-hybridized carbons (Fsp3) is 0. The van der Waals surface area contributed by atoms with Crippen molar-refractivity contribution in [3.63, 3.8) is 0 Å². The van der Waals surface area contributed by atoms with Crippen LogP contribution >= 0.6 is 34.8 Å². The molecule has 106 valence electrons. The summed E-state index contributed by atoms with van der Waals surface area (Å²) in [5.74, 6) is -0.978. The Kier molecular flexibility index (Phi) is 4.33. The number of hydrogen-bond donors (Lipinski definition) is 1. The fourth-order valence-corrected chi connectivity index (χ4v) is 3.15. The maximum atomic E-state index is 13.1. The molecule has 0 saturated carbocycles. The van der Waals surface area contributed by atoms with Crippen LogP contribution in [0.25, 0.3) is 0 Å². The molecule has 0 aliphatic carbocycles. The quantitative estimate of drug-likeness (QED) is 0.856. The molecule has 0 radical (unpaired) electrons. The lowest BCUT2D eigenvalue weighted by Gasteiger charge is -2.10. The number of benzene rings is 1. The highest BCUT2D eigenvalue weighted by molar-refractivity contribution is 7.92. The topological polar surface area (TPSA) is 72.0 Å². The van der Waals surface area contributed by atoms with Crippen LogP contribution in [0.3, 0.4) is 0 Å². The fourth-order valence-electron chi connectivity index (χ4n) is 1.28. The number of aromatic nitrogens is 2. The van der Waals surface area contributed by atoms with Crippen molar-refractivity contribution in [3.8, 4) is 0 Å². The number of nitrogens with one attached hydrogen (secondary N) is 1. The van der Waals surface area contributed by atoms with E-state index in [9.17, 15) is 12.8 Å². The number of hydrogen-bond acceptors (Lipinski definition) is 4. The first kappa shape index (κ1) is 15.2. The first-order valence-corrected chi connectivity index (χ1v) is 7.57. The molecule has 5 nitrogen and oxygen atoms in total. The SMILES string of the molecule is O=S(=O)(Nc1ncnc(Cl)c1Cl)c1cc(F)ccc1Cl. The molecule has 0 spiro atoms. The van der Waals surface area contributed by atoms with Gasteiger partial charge in [0.05, 0.1) is 5.02 Å². The minimum absolute atomic E-state index is 0.121. The van der Waals surface area contributed by atoms with Crippen molar-refractivity contribution in [1.29, 1.82) is 0 Å². The van der Waals surface area contributed by atoms with Crippen LogP contribution in [0.1, 0.15) is 0 Å². The Morgan fingerprint density at radius 1 is 1.15 bits per heavy atom. The van der Waals surface area contributed by atoms with E-state index in [1.54, 1.807) is 0 Å². The number of rotatable bonds is 3. The third-order valence-corrected chi connectivity index (χ3v) is 4.72. The van der Waals surface area contributed by atoms with Gasteiger partial charge in [-0.15, -0.1) is 0 Å². The van der Waals surface area contributed by atoms with Crippen LogP contribution in [0.15, 0.2) is 29.4 Å². The zero-order chi connectivity index (χ0) is 14.9. The average molecular weight is 357 g/mol. The van der Waals surface area contributed by atoms with E-state index in [0.29, 0.717) is 0 Å². The predicted octanol–water partition coefficient (Wildman–Crippen LogP) is 3.38. The predicted molar refractivity (Wildman–Crippen MR) is 74.3 cm³/mol. The molecular weight excluding hydrogens is 352 g/mol. The summed E-state index contributed by atoms with van der Waals surface area (Å²) >= 11 is 17.1. The molecule has 0 amide bonds. The Bertz CT molecular complexity index is 770. The van der Waals surface area contributed by atoms with E-state index in [1.165, 1.54) is 0 Å². The standard InChI is InChI=1S/C10H5Cl3FN3O2S/c11-6-2-1-5(14)3-7(6)20(18,19)17-10-8(12)9(13)15-4-16-10/h1-4H,(H,15,16,17). The normalized spacial score (nSPS) is 11.4. The molecule has 1 heterocycles. The van der Waals surface area contributed by atoms with Crippen molar-refractivity contribution >= 4 is 50.6 Å². The molecule has 1 aromatic heterocycles. The van der Waals surface area contributed by atoms with E-state index in [1.807, 2.05) is 0 Å². The van der Waals surface area contributed by atoms with Gasteiger partial charge in [-0.25, -0.2) is 22.8 Å². The molecule has 2 aromatic rings. The Morgan fingerprint density at radius 3 is 2.55 bits per heavy atom. The zero-order valence-corrected chi connectivity index (χ0v) is 12.5. The first-order chi connectivity index (χ1) is 9.31. The Labute approximate surface area is 128 Å². The molecule has 0 aliphatic heterocycles. The van der Waals surface area contributed by atoms with Gasteiger partial charge < -0.3 is 0 Å². The average Bonchev–Trinajstić information content (AvgIpc) is 2.37. The van der Waals surface area contributed by atoms with Crippen molar-refractivity contribution < 1.29 is 12.8 Å². The highest BCUT2D eigenvalue weighted by Crippen LogP contribution is 2.29. The summed E-state index contributed by atoms with van der Waals surface area (Å²) in [6.07, 6.45) is 1.03. The van der Waals surface area contributed by atoms with Crippen molar-refractivity contribution in [2.24, 2.45) is 0 Å². The summed E-state index contributed by atoms with van der Waals surface area (Å²) in [4.78, 5) is 6.78. The van der Waals surface area contributed by atoms with E-state index in [4.69, 9.17) is 34.8 Å². The van der Waals surface area contributed by atoms with Gasteiger partial charge in [-0.05, 0) is 18.2 Å². The molecule has 0 unspecified atom stereocenters. The Morgan fingerprint density at radius 2 is 1.85 bits per heavy atom. The van der Waals surface area contributed by atoms with E-state index < -0.39 is 20.7 Å². The summed E-state index contributed by atoms with van der Waals surface area (Å²) in [5, 5.41) is -0.440. The zero-order valence-electron chi connectivity index (χ0n) is 9.44. The molecular formula is C10H5Cl3FN3O2S. The molecule has 10 heteroatoms. The second kappa shape index (κ2) is 5.69. The van der Waals surface area contributed by atoms with Gasteiger partial charge in [-0.3, -0.25) is 4.72 Å². The van der Waals surface area contributed by atoms with Gasteiger partial charge in [0.1, 0.15) is 22.1 Å². The second-order valence-electron chi connectivity index (χ2n) is 3.51. The third kappa shape index (κ3) is 3.12. The van der Waals surface area contributed by atoms with Crippen molar-refractivity contribution in [3.05, 3.63) is 45.5 Å². The maximum Gasteiger partial charge on any atom is 0.264 e. The van der Waals surface area contributed by atoms with Crippen LogP contribution in [0.2, 0.25) is 15.2 Å². The van der Waals surface area contributed by atoms with Crippen LogP contribution < -0.4 is 4.72 Å². The molecule has 0 saturated heterocycles. The van der Waals surface area contributed by atoms with Crippen LogP contribution in [0, 0.1) is 5.82 Å². The molecule has 0 bridgehead atoms. The molecule has 1 aromatic carbocycles. The summed E-state index contributed by atoms with van der Waals surface area (Å²) in [5.41, 5.74) is 0. The smallest absolute Gasteiger partial charge is 0.262 e. The van der Waals surface area contributed by atoms with Gasteiger partial charge in [-0.2, -0.15) is 0 Å². The van der Waals surface area contributed by atoms with Gasteiger partial charge in [0.15, 0.2) is 11.0 Å².